The molecule has 2 aromatic rings. The van der Waals surface area contributed by atoms with Crippen LogP contribution in [0, 0.1) is 0 Å². The van der Waals surface area contributed by atoms with E-state index in [1.54, 1.807) is 11.3 Å². The Bertz CT molecular complexity index is 455. The largest absolute Gasteiger partial charge is 0.380 e. The van der Waals surface area contributed by atoms with E-state index in [0.717, 1.165) is 24.4 Å². The maximum Gasteiger partial charge on any atom is 0.0813 e. The van der Waals surface area contributed by atoms with Crippen molar-refractivity contribution in [3.8, 4) is 0 Å². The second-order valence-corrected chi connectivity index (χ2v) is 4.63. The van der Waals surface area contributed by atoms with Gasteiger partial charge in [0, 0.05) is 18.3 Å². The lowest BCUT2D eigenvalue weighted by Gasteiger charge is -2.14. The molecule has 1 aromatic heterocycles. The fourth-order valence-corrected chi connectivity index (χ4v) is 2.28. The molecule has 0 amide bonds. The van der Waals surface area contributed by atoms with Gasteiger partial charge < -0.3 is 10.1 Å². The third-order valence-corrected chi connectivity index (χ3v) is 3.11. The maximum absolute atomic E-state index is 5.37. The van der Waals surface area contributed by atoms with E-state index >= 15 is 0 Å². The van der Waals surface area contributed by atoms with E-state index < -0.39 is 0 Å². The van der Waals surface area contributed by atoms with E-state index in [1.165, 1.54) is 4.70 Å². The SMILES string of the molecule is CCOCC(C)Nc1ccc2ncsc2c1. The van der Waals surface area contributed by atoms with Crippen molar-refractivity contribution in [1.82, 2.24) is 4.98 Å². The van der Waals surface area contributed by atoms with Crippen molar-refractivity contribution in [2.45, 2.75) is 19.9 Å². The second kappa shape index (κ2) is 5.27. The summed E-state index contributed by atoms with van der Waals surface area (Å²) < 4.78 is 6.58. The molecule has 16 heavy (non-hydrogen) atoms. The van der Waals surface area contributed by atoms with Gasteiger partial charge >= 0.3 is 0 Å². The highest BCUT2D eigenvalue weighted by Crippen LogP contribution is 2.22. The zero-order valence-electron chi connectivity index (χ0n) is 9.56. The minimum Gasteiger partial charge on any atom is -0.380 e. The van der Waals surface area contributed by atoms with Crippen LogP contribution < -0.4 is 5.32 Å². The predicted octanol–water partition coefficient (Wildman–Crippen LogP) is 3.13. The van der Waals surface area contributed by atoms with Gasteiger partial charge in [-0.05, 0) is 32.0 Å². The molecule has 1 unspecified atom stereocenters. The highest BCUT2D eigenvalue weighted by Gasteiger charge is 2.03. The molecule has 1 heterocycles. The lowest BCUT2D eigenvalue weighted by molar-refractivity contribution is 0.141. The topological polar surface area (TPSA) is 34.1 Å². The zero-order chi connectivity index (χ0) is 11.4. The number of ether oxygens (including phenoxy) is 1. The quantitative estimate of drug-likeness (QED) is 0.866. The zero-order valence-corrected chi connectivity index (χ0v) is 10.4. The maximum atomic E-state index is 5.37. The minimum atomic E-state index is 0.324. The van der Waals surface area contributed by atoms with E-state index in [9.17, 15) is 0 Å². The Morgan fingerprint density at radius 1 is 1.50 bits per heavy atom. The second-order valence-electron chi connectivity index (χ2n) is 3.74. The van der Waals surface area contributed by atoms with Crippen molar-refractivity contribution in [2.24, 2.45) is 0 Å². The Hall–Kier alpha value is -1.13. The minimum absolute atomic E-state index is 0.324. The van der Waals surface area contributed by atoms with Gasteiger partial charge in [0.2, 0.25) is 0 Å². The summed E-state index contributed by atoms with van der Waals surface area (Å²) in [5, 5.41) is 3.41. The molecule has 86 valence electrons. The van der Waals surface area contributed by atoms with E-state index in [0.29, 0.717) is 6.04 Å². The Kier molecular flexibility index (Phi) is 3.74. The number of anilines is 1. The van der Waals surface area contributed by atoms with Crippen molar-refractivity contribution in [1.29, 1.82) is 0 Å². The Morgan fingerprint density at radius 2 is 2.38 bits per heavy atom. The van der Waals surface area contributed by atoms with Gasteiger partial charge in [-0.1, -0.05) is 0 Å². The molecule has 4 heteroatoms. The number of hydrogen-bond donors (Lipinski definition) is 1. The van der Waals surface area contributed by atoms with Crippen molar-refractivity contribution in [3.05, 3.63) is 23.7 Å². The summed E-state index contributed by atoms with van der Waals surface area (Å²) >= 11 is 1.66. The average molecular weight is 236 g/mol. The molecule has 1 aromatic carbocycles. The number of hydrogen-bond acceptors (Lipinski definition) is 4. The Morgan fingerprint density at radius 3 is 3.19 bits per heavy atom. The first-order valence-electron chi connectivity index (χ1n) is 5.47. The smallest absolute Gasteiger partial charge is 0.0813 e. The van der Waals surface area contributed by atoms with Crippen molar-refractivity contribution >= 4 is 27.2 Å². The van der Waals surface area contributed by atoms with Gasteiger partial charge in [0.1, 0.15) is 0 Å². The van der Waals surface area contributed by atoms with Crippen LogP contribution in [0.1, 0.15) is 13.8 Å². The van der Waals surface area contributed by atoms with E-state index in [2.05, 4.69) is 29.4 Å². The molecule has 0 saturated carbocycles. The molecule has 0 bridgehead atoms. The van der Waals surface area contributed by atoms with Gasteiger partial charge in [-0.3, -0.25) is 0 Å². The molecule has 0 aliphatic carbocycles. The number of nitrogens with one attached hydrogen (secondary N) is 1. The lowest BCUT2D eigenvalue weighted by Crippen LogP contribution is -2.21. The highest BCUT2D eigenvalue weighted by molar-refractivity contribution is 7.16. The molecule has 0 spiro atoms. The van der Waals surface area contributed by atoms with E-state index in [4.69, 9.17) is 4.74 Å². The number of aromatic nitrogens is 1. The summed E-state index contributed by atoms with van der Waals surface area (Å²) in [6.07, 6.45) is 0. The van der Waals surface area contributed by atoms with Crippen LogP contribution in [-0.2, 0) is 4.74 Å². The van der Waals surface area contributed by atoms with Crippen LogP contribution >= 0.6 is 11.3 Å². The number of thiazole rings is 1. The van der Waals surface area contributed by atoms with E-state index in [-0.39, 0.29) is 0 Å². The molecule has 0 aliphatic rings. The van der Waals surface area contributed by atoms with Crippen molar-refractivity contribution in [3.63, 3.8) is 0 Å². The summed E-state index contributed by atoms with van der Waals surface area (Å²) in [6, 6.07) is 6.56. The summed E-state index contributed by atoms with van der Waals surface area (Å²) in [5.41, 5.74) is 4.06. The van der Waals surface area contributed by atoms with E-state index in [1.807, 2.05) is 18.5 Å². The highest BCUT2D eigenvalue weighted by atomic mass is 32.1. The van der Waals surface area contributed by atoms with Gasteiger partial charge in [0.25, 0.3) is 0 Å². The first-order valence-corrected chi connectivity index (χ1v) is 6.35. The van der Waals surface area contributed by atoms with Crippen molar-refractivity contribution < 1.29 is 4.74 Å². The molecule has 0 radical (unpaired) electrons. The van der Waals surface area contributed by atoms with Crippen LogP contribution in [0.4, 0.5) is 5.69 Å². The van der Waals surface area contributed by atoms with Crippen LogP contribution in [0.5, 0.6) is 0 Å². The van der Waals surface area contributed by atoms with Crippen LogP contribution in [0.15, 0.2) is 23.7 Å². The van der Waals surface area contributed by atoms with Gasteiger partial charge in [-0.15, -0.1) is 11.3 Å². The molecule has 0 fully saturated rings. The molecule has 1 atom stereocenters. The number of benzene rings is 1. The number of fused-ring (bicyclic) bond motifs is 1. The van der Waals surface area contributed by atoms with Crippen molar-refractivity contribution in [2.75, 3.05) is 18.5 Å². The molecule has 0 saturated heterocycles. The third-order valence-electron chi connectivity index (χ3n) is 2.32. The van der Waals surface area contributed by atoms with Crippen LogP contribution in [0.2, 0.25) is 0 Å². The molecular formula is C12H16N2OS. The first kappa shape index (κ1) is 11.4. The lowest BCUT2D eigenvalue weighted by atomic mass is 10.2. The summed E-state index contributed by atoms with van der Waals surface area (Å²) in [4.78, 5) is 4.25. The van der Waals surface area contributed by atoms with Crippen LogP contribution in [0.25, 0.3) is 10.2 Å². The summed E-state index contributed by atoms with van der Waals surface area (Å²) in [6.45, 7) is 5.62. The molecule has 1 N–H and O–H groups in total. The third kappa shape index (κ3) is 2.71. The van der Waals surface area contributed by atoms with Gasteiger partial charge in [0.15, 0.2) is 0 Å². The van der Waals surface area contributed by atoms with Gasteiger partial charge in [0.05, 0.1) is 22.3 Å². The standard InChI is InChI=1S/C12H16N2OS/c1-3-15-7-9(2)14-10-4-5-11-12(6-10)16-8-13-11/h4-6,8-9,14H,3,7H2,1-2H3. The van der Waals surface area contributed by atoms with Crippen LogP contribution in [0.3, 0.4) is 0 Å². The fraction of sp³-hybridized carbons (Fsp3) is 0.417. The normalized spacial score (nSPS) is 12.9. The first-order chi connectivity index (χ1) is 7.79. The fourth-order valence-electron chi connectivity index (χ4n) is 1.57. The van der Waals surface area contributed by atoms with Crippen LogP contribution in [-0.4, -0.2) is 24.2 Å². The Balaban J connectivity index is 2.03. The average Bonchev–Trinajstić information content (AvgIpc) is 2.73. The van der Waals surface area contributed by atoms with Gasteiger partial charge in [-0.25, -0.2) is 4.98 Å². The molecule has 2 rings (SSSR count). The Labute approximate surface area is 99.5 Å². The number of rotatable bonds is 5. The monoisotopic (exact) mass is 236 g/mol. The number of nitrogens with zero attached hydrogens (tertiary/aromatic N) is 1. The molecule has 0 aliphatic heterocycles. The molecular weight excluding hydrogens is 220 g/mol. The summed E-state index contributed by atoms with van der Waals surface area (Å²) in [7, 11) is 0. The van der Waals surface area contributed by atoms with Gasteiger partial charge in [-0.2, -0.15) is 0 Å². The predicted molar refractivity (Wildman–Crippen MR) is 69.2 cm³/mol. The molecule has 3 nitrogen and oxygen atoms in total. The summed E-state index contributed by atoms with van der Waals surface area (Å²) in [5.74, 6) is 0.